The summed E-state index contributed by atoms with van der Waals surface area (Å²) in [5, 5.41) is 4.30. The Balaban J connectivity index is 2.15. The molecule has 0 atom stereocenters. The van der Waals surface area contributed by atoms with Crippen LogP contribution in [0.25, 0.3) is 0 Å². The van der Waals surface area contributed by atoms with E-state index in [0.29, 0.717) is 0 Å². The van der Waals surface area contributed by atoms with Crippen LogP contribution in [0.2, 0.25) is 13.1 Å². The van der Waals surface area contributed by atoms with E-state index in [0.717, 1.165) is 33.8 Å². The van der Waals surface area contributed by atoms with Crippen LogP contribution in [0.1, 0.15) is 16.7 Å². The fraction of sp³-hybridized carbons (Fsp3) is 0.200. The second kappa shape index (κ2) is 7.48. The number of aromatic nitrogens is 2. The largest absolute Gasteiger partial charge is 0.546 e. The summed E-state index contributed by atoms with van der Waals surface area (Å²) < 4.78 is 7.88. The Labute approximate surface area is 150 Å². The molecule has 0 radical (unpaired) electrons. The maximum atomic E-state index is 6.09. The molecule has 5 heteroatoms. The maximum Gasteiger partial charge on any atom is 0.229 e. The zero-order valence-corrected chi connectivity index (χ0v) is 16.3. The molecule has 25 heavy (non-hydrogen) atoms. The fourth-order valence-electron chi connectivity index (χ4n) is 2.62. The van der Waals surface area contributed by atoms with Crippen molar-refractivity contribution in [1.82, 2.24) is 9.78 Å². The van der Waals surface area contributed by atoms with Crippen molar-refractivity contribution in [1.29, 1.82) is 0 Å². The first-order valence-corrected chi connectivity index (χ1v) is 11.2. The Morgan fingerprint density at radius 2 is 1.84 bits per heavy atom. The van der Waals surface area contributed by atoms with Gasteiger partial charge in [0.25, 0.3) is 0 Å². The van der Waals surface area contributed by atoms with Crippen LogP contribution in [-0.4, -0.2) is 24.5 Å². The zero-order chi connectivity index (χ0) is 17.8. The van der Waals surface area contributed by atoms with Crippen LogP contribution < -0.4 is 4.43 Å². The topological polar surface area (TPSA) is 39.4 Å². The van der Waals surface area contributed by atoms with Crippen molar-refractivity contribution in [2.45, 2.75) is 20.0 Å². The Kier molecular flexibility index (Phi) is 5.14. The van der Waals surface area contributed by atoms with E-state index in [9.17, 15) is 0 Å². The number of nitrogens with zero attached hydrogens (tertiary/aromatic N) is 3. The number of benzene rings is 2. The molecule has 0 N–H and O–H groups in total. The van der Waals surface area contributed by atoms with Crippen molar-refractivity contribution in [3.05, 3.63) is 77.6 Å². The lowest BCUT2D eigenvalue weighted by atomic mass is 10.1. The van der Waals surface area contributed by atoms with Crippen LogP contribution in [0, 0.1) is 6.92 Å². The summed E-state index contributed by atoms with van der Waals surface area (Å²) in [6, 6.07) is 16.4. The molecule has 1 aromatic heterocycles. The Morgan fingerprint density at radius 3 is 2.48 bits per heavy atom. The molecule has 4 nitrogen and oxygen atoms in total. The van der Waals surface area contributed by atoms with Crippen LogP contribution in [0.15, 0.2) is 65.9 Å². The Hall–Kier alpha value is -2.66. The molecule has 0 fully saturated rings. The first-order chi connectivity index (χ1) is 12.0. The van der Waals surface area contributed by atoms with Gasteiger partial charge in [-0.2, -0.15) is 5.10 Å². The summed E-state index contributed by atoms with van der Waals surface area (Å²) in [7, 11) is 0.699. The van der Waals surface area contributed by atoms with Gasteiger partial charge in [0.05, 0.1) is 11.9 Å². The molecule has 1 heterocycles. The van der Waals surface area contributed by atoms with Gasteiger partial charge in [0.1, 0.15) is 11.4 Å². The average molecular weight is 350 g/mol. The maximum absolute atomic E-state index is 6.09. The fourth-order valence-corrected chi connectivity index (χ4v) is 3.33. The minimum Gasteiger partial charge on any atom is -0.546 e. The summed E-state index contributed by atoms with van der Waals surface area (Å²) in [6.45, 7) is 6.39. The lowest BCUT2D eigenvalue weighted by molar-refractivity contribution is 0.582. The highest BCUT2D eigenvalue weighted by Gasteiger charge is 2.12. The van der Waals surface area contributed by atoms with E-state index in [4.69, 9.17) is 9.42 Å². The van der Waals surface area contributed by atoms with Gasteiger partial charge < -0.3 is 4.43 Å². The van der Waals surface area contributed by atoms with E-state index in [-0.39, 0.29) is 0 Å². The molecular formula is C20H23N3OSi. The number of hydrogen-bond donors (Lipinski definition) is 0. The molecule has 0 aliphatic rings. The van der Waals surface area contributed by atoms with Crippen molar-refractivity contribution >= 4 is 20.4 Å². The second-order valence-electron chi connectivity index (χ2n) is 6.37. The van der Waals surface area contributed by atoms with E-state index in [1.165, 1.54) is 0 Å². The molecular weight excluding hydrogens is 326 g/mol. The molecule has 0 unspecified atom stereocenters. The van der Waals surface area contributed by atoms with E-state index in [2.05, 4.69) is 49.4 Å². The number of hydrogen-bond acceptors (Lipinski definition) is 3. The second-order valence-corrected chi connectivity index (χ2v) is 8.70. The molecule has 3 aromatic rings. The Bertz CT molecular complexity index is 885. The third-order valence-corrected chi connectivity index (χ3v) is 4.46. The third-order valence-electron chi connectivity index (χ3n) is 3.73. The van der Waals surface area contributed by atoms with Gasteiger partial charge in [-0.25, -0.2) is 4.99 Å². The van der Waals surface area contributed by atoms with Crippen LogP contribution >= 0.6 is 0 Å². The molecule has 2 aromatic carbocycles. The quantitative estimate of drug-likeness (QED) is 0.510. The number of aliphatic imine (C=N–C) groups is 1. The Morgan fingerprint density at radius 1 is 1.08 bits per heavy atom. The van der Waals surface area contributed by atoms with Gasteiger partial charge in [-0.3, -0.25) is 4.68 Å². The molecule has 0 saturated carbocycles. The molecule has 0 aliphatic carbocycles. The standard InChI is InChI=1S/C20H23N3OSi/c1-15-10-11-19(24-25(3)4)18(12-15)22-20(16-8-6-5-7-9-16)17-13-21-23(2)14-17/h5-14,25H,1-4H3. The van der Waals surface area contributed by atoms with Crippen molar-refractivity contribution in [3.8, 4) is 5.75 Å². The van der Waals surface area contributed by atoms with Crippen molar-refractivity contribution in [3.63, 3.8) is 0 Å². The van der Waals surface area contributed by atoms with Crippen LogP contribution in [-0.2, 0) is 7.05 Å². The number of rotatable bonds is 5. The smallest absolute Gasteiger partial charge is 0.229 e. The van der Waals surface area contributed by atoms with Crippen LogP contribution in [0.3, 0.4) is 0 Å². The highest BCUT2D eigenvalue weighted by atomic mass is 28.3. The first kappa shape index (κ1) is 17.2. The summed E-state index contributed by atoms with van der Waals surface area (Å²) in [5.74, 6) is 0.851. The summed E-state index contributed by atoms with van der Waals surface area (Å²) in [4.78, 5) is 4.99. The van der Waals surface area contributed by atoms with Gasteiger partial charge in [-0.1, -0.05) is 36.4 Å². The molecule has 3 rings (SSSR count). The lowest BCUT2D eigenvalue weighted by Crippen LogP contribution is -2.11. The van der Waals surface area contributed by atoms with E-state index in [1.807, 2.05) is 43.7 Å². The van der Waals surface area contributed by atoms with E-state index >= 15 is 0 Å². The molecule has 0 bridgehead atoms. The molecule has 0 spiro atoms. The van der Waals surface area contributed by atoms with Gasteiger partial charge in [-0.15, -0.1) is 0 Å². The van der Waals surface area contributed by atoms with Crippen LogP contribution in [0.5, 0.6) is 5.75 Å². The van der Waals surface area contributed by atoms with E-state index in [1.54, 1.807) is 4.68 Å². The zero-order valence-electron chi connectivity index (χ0n) is 15.1. The first-order valence-electron chi connectivity index (χ1n) is 8.43. The average Bonchev–Trinajstić information content (AvgIpc) is 3.01. The highest BCUT2D eigenvalue weighted by molar-refractivity contribution is 6.49. The van der Waals surface area contributed by atoms with Gasteiger partial charge >= 0.3 is 0 Å². The lowest BCUT2D eigenvalue weighted by Gasteiger charge is -2.14. The monoisotopic (exact) mass is 349 g/mol. The summed E-state index contributed by atoms with van der Waals surface area (Å²) >= 11 is 0. The third kappa shape index (κ3) is 4.25. The van der Waals surface area contributed by atoms with E-state index < -0.39 is 9.04 Å². The minimum atomic E-state index is -1.22. The predicted molar refractivity (Wildman–Crippen MR) is 106 cm³/mol. The van der Waals surface area contributed by atoms with Crippen molar-refractivity contribution in [2.24, 2.45) is 12.0 Å². The minimum absolute atomic E-state index is 0.851. The predicted octanol–water partition coefficient (Wildman–Crippen LogP) is 4.26. The van der Waals surface area contributed by atoms with Gasteiger partial charge in [-0.05, 0) is 37.7 Å². The van der Waals surface area contributed by atoms with Crippen molar-refractivity contribution < 1.29 is 4.43 Å². The summed E-state index contributed by atoms with van der Waals surface area (Å²) in [6.07, 6.45) is 3.83. The molecule has 128 valence electrons. The number of aryl methyl sites for hydroxylation is 2. The molecule has 0 saturated heterocycles. The summed E-state index contributed by atoms with van der Waals surface area (Å²) in [5.41, 5.74) is 4.97. The molecule has 0 amide bonds. The highest BCUT2D eigenvalue weighted by Crippen LogP contribution is 2.30. The molecule has 0 aliphatic heterocycles. The van der Waals surface area contributed by atoms with Gasteiger partial charge in [0, 0.05) is 24.4 Å². The van der Waals surface area contributed by atoms with Crippen molar-refractivity contribution in [2.75, 3.05) is 0 Å². The van der Waals surface area contributed by atoms with Gasteiger partial charge in [0.2, 0.25) is 9.04 Å². The van der Waals surface area contributed by atoms with Crippen LogP contribution in [0.4, 0.5) is 5.69 Å². The SMILES string of the molecule is Cc1ccc(O[SiH](C)C)c(N=C(c2ccccc2)c2cnn(C)c2)c1. The normalized spacial score (nSPS) is 11.8. The van der Waals surface area contributed by atoms with Gasteiger partial charge in [0.15, 0.2) is 0 Å².